The maximum absolute atomic E-state index is 9.89. The first-order chi connectivity index (χ1) is 6.27. The second-order valence-electron chi connectivity index (χ2n) is 2.56. The van der Waals surface area contributed by atoms with Crippen molar-refractivity contribution >= 4 is 38.6 Å². The van der Waals surface area contributed by atoms with Crippen molar-refractivity contribution in [3.8, 4) is 0 Å². The van der Waals surface area contributed by atoms with Gasteiger partial charge in [-0.2, -0.15) is 0 Å². The van der Waals surface area contributed by atoms with E-state index in [0.717, 1.165) is 13.5 Å². The molecule has 4 heteroatoms. The van der Waals surface area contributed by atoms with Crippen molar-refractivity contribution in [2.24, 2.45) is 0 Å². The zero-order valence-electron chi connectivity index (χ0n) is 6.61. The lowest BCUT2D eigenvalue weighted by Crippen LogP contribution is -1.92. The summed E-state index contributed by atoms with van der Waals surface area (Å²) in [5.74, 6) is 0. The lowest BCUT2D eigenvalue weighted by molar-refractivity contribution is 0.228. The fourth-order valence-corrected chi connectivity index (χ4v) is 3.29. The van der Waals surface area contributed by atoms with Gasteiger partial charge in [0.15, 0.2) is 0 Å². The SMILES string of the molecule is OC(c1cccs1)c1ccc(Br)s1. The third-order valence-corrected chi connectivity index (χ3v) is 4.28. The van der Waals surface area contributed by atoms with E-state index in [1.807, 2.05) is 29.6 Å². The van der Waals surface area contributed by atoms with Crippen molar-refractivity contribution in [2.45, 2.75) is 6.10 Å². The van der Waals surface area contributed by atoms with E-state index in [-0.39, 0.29) is 0 Å². The van der Waals surface area contributed by atoms with E-state index in [0.29, 0.717) is 0 Å². The van der Waals surface area contributed by atoms with Crippen molar-refractivity contribution in [3.05, 3.63) is 43.2 Å². The highest BCUT2D eigenvalue weighted by molar-refractivity contribution is 9.11. The molecule has 68 valence electrons. The molecule has 1 N–H and O–H groups in total. The first-order valence-electron chi connectivity index (χ1n) is 3.74. The van der Waals surface area contributed by atoms with Gasteiger partial charge in [-0.3, -0.25) is 0 Å². The minimum atomic E-state index is -0.462. The molecule has 2 aromatic heterocycles. The smallest absolute Gasteiger partial charge is 0.122 e. The van der Waals surface area contributed by atoms with E-state index in [9.17, 15) is 5.11 Å². The summed E-state index contributed by atoms with van der Waals surface area (Å²) in [5, 5.41) is 11.9. The molecule has 0 aliphatic carbocycles. The van der Waals surface area contributed by atoms with E-state index < -0.39 is 6.10 Å². The van der Waals surface area contributed by atoms with Gasteiger partial charge < -0.3 is 5.11 Å². The predicted molar refractivity (Wildman–Crippen MR) is 60.4 cm³/mol. The minimum absolute atomic E-state index is 0.462. The zero-order chi connectivity index (χ0) is 9.26. The van der Waals surface area contributed by atoms with Gasteiger partial charge in [0.25, 0.3) is 0 Å². The summed E-state index contributed by atoms with van der Waals surface area (Å²) in [6.45, 7) is 0. The molecular formula is C9H7BrOS2. The molecule has 0 saturated carbocycles. The summed E-state index contributed by atoms with van der Waals surface area (Å²) in [6, 6.07) is 7.80. The van der Waals surface area contributed by atoms with Gasteiger partial charge in [-0.15, -0.1) is 22.7 Å². The van der Waals surface area contributed by atoms with Gasteiger partial charge in [-0.05, 0) is 39.5 Å². The molecule has 13 heavy (non-hydrogen) atoms. The molecular weight excluding hydrogens is 268 g/mol. The molecule has 0 amide bonds. The number of halogens is 1. The Morgan fingerprint density at radius 3 is 2.62 bits per heavy atom. The first-order valence-corrected chi connectivity index (χ1v) is 6.23. The van der Waals surface area contributed by atoms with Crippen molar-refractivity contribution in [1.29, 1.82) is 0 Å². The monoisotopic (exact) mass is 274 g/mol. The van der Waals surface area contributed by atoms with Gasteiger partial charge in [0.2, 0.25) is 0 Å². The normalized spacial score (nSPS) is 13.1. The number of rotatable bonds is 2. The average Bonchev–Trinajstić information content (AvgIpc) is 2.72. The van der Waals surface area contributed by atoms with Gasteiger partial charge in [0.05, 0.1) is 3.79 Å². The Bertz CT molecular complexity index is 380. The predicted octanol–water partition coefficient (Wildman–Crippen LogP) is 3.65. The maximum Gasteiger partial charge on any atom is 0.122 e. The molecule has 0 fully saturated rings. The molecule has 2 aromatic rings. The number of hydrogen-bond donors (Lipinski definition) is 1. The molecule has 0 aromatic carbocycles. The third kappa shape index (κ3) is 2.02. The van der Waals surface area contributed by atoms with Crippen LogP contribution < -0.4 is 0 Å². The lowest BCUT2D eigenvalue weighted by Gasteiger charge is -2.03. The van der Waals surface area contributed by atoms with Crippen LogP contribution in [-0.2, 0) is 0 Å². The number of aliphatic hydroxyl groups excluding tert-OH is 1. The van der Waals surface area contributed by atoms with Crippen LogP contribution in [0.1, 0.15) is 15.9 Å². The highest BCUT2D eigenvalue weighted by Gasteiger charge is 2.12. The average molecular weight is 275 g/mol. The zero-order valence-corrected chi connectivity index (χ0v) is 9.82. The fraction of sp³-hybridized carbons (Fsp3) is 0.111. The molecule has 0 saturated heterocycles. The Labute approximate surface area is 92.8 Å². The second-order valence-corrected chi connectivity index (χ2v) is 6.03. The number of aliphatic hydroxyl groups is 1. The quantitative estimate of drug-likeness (QED) is 0.887. The Balaban J connectivity index is 2.28. The lowest BCUT2D eigenvalue weighted by atomic mass is 10.2. The molecule has 0 spiro atoms. The van der Waals surface area contributed by atoms with Gasteiger partial charge in [0.1, 0.15) is 6.10 Å². The van der Waals surface area contributed by atoms with Crippen molar-refractivity contribution in [1.82, 2.24) is 0 Å². The summed E-state index contributed by atoms with van der Waals surface area (Å²) >= 11 is 6.52. The van der Waals surface area contributed by atoms with Crippen LogP contribution in [0.5, 0.6) is 0 Å². The van der Waals surface area contributed by atoms with Crippen LogP contribution in [0.2, 0.25) is 0 Å². The summed E-state index contributed by atoms with van der Waals surface area (Å²) in [7, 11) is 0. The largest absolute Gasteiger partial charge is 0.382 e. The standard InChI is InChI=1S/C9H7BrOS2/c10-8-4-3-7(13-8)9(11)6-2-1-5-12-6/h1-5,9,11H. The molecule has 2 heterocycles. The Morgan fingerprint density at radius 2 is 2.08 bits per heavy atom. The van der Waals surface area contributed by atoms with E-state index >= 15 is 0 Å². The van der Waals surface area contributed by atoms with Gasteiger partial charge in [-0.25, -0.2) is 0 Å². The van der Waals surface area contributed by atoms with Gasteiger partial charge in [-0.1, -0.05) is 6.07 Å². The Kier molecular flexibility index (Phi) is 2.83. The van der Waals surface area contributed by atoms with E-state index in [1.165, 1.54) is 0 Å². The molecule has 1 atom stereocenters. The summed E-state index contributed by atoms with van der Waals surface area (Å²) in [4.78, 5) is 1.98. The van der Waals surface area contributed by atoms with Crippen LogP contribution >= 0.6 is 38.6 Å². The topological polar surface area (TPSA) is 20.2 Å². The molecule has 1 nitrogen and oxygen atoms in total. The highest BCUT2D eigenvalue weighted by atomic mass is 79.9. The highest BCUT2D eigenvalue weighted by Crippen LogP contribution is 2.32. The third-order valence-electron chi connectivity index (χ3n) is 1.68. The van der Waals surface area contributed by atoms with E-state index in [2.05, 4.69) is 15.9 Å². The van der Waals surface area contributed by atoms with E-state index in [1.54, 1.807) is 22.7 Å². The molecule has 0 aliphatic heterocycles. The molecule has 1 unspecified atom stereocenters. The van der Waals surface area contributed by atoms with Crippen LogP contribution in [0.3, 0.4) is 0 Å². The Morgan fingerprint density at radius 1 is 1.23 bits per heavy atom. The summed E-state index contributed by atoms with van der Waals surface area (Å²) in [5.41, 5.74) is 0. The maximum atomic E-state index is 9.89. The van der Waals surface area contributed by atoms with Gasteiger partial charge in [0, 0.05) is 9.75 Å². The van der Waals surface area contributed by atoms with Crippen LogP contribution in [0.15, 0.2) is 33.4 Å². The van der Waals surface area contributed by atoms with Crippen LogP contribution in [0, 0.1) is 0 Å². The van der Waals surface area contributed by atoms with Crippen LogP contribution in [0.25, 0.3) is 0 Å². The second kappa shape index (κ2) is 3.92. The van der Waals surface area contributed by atoms with E-state index in [4.69, 9.17) is 0 Å². The molecule has 0 bridgehead atoms. The summed E-state index contributed by atoms with van der Waals surface area (Å²) in [6.07, 6.45) is -0.462. The number of hydrogen-bond acceptors (Lipinski definition) is 3. The summed E-state index contributed by atoms with van der Waals surface area (Å²) < 4.78 is 1.05. The van der Waals surface area contributed by atoms with Crippen LogP contribution in [-0.4, -0.2) is 5.11 Å². The van der Waals surface area contributed by atoms with Crippen molar-refractivity contribution in [3.63, 3.8) is 0 Å². The van der Waals surface area contributed by atoms with Crippen molar-refractivity contribution < 1.29 is 5.11 Å². The molecule has 0 aliphatic rings. The minimum Gasteiger partial charge on any atom is -0.382 e. The van der Waals surface area contributed by atoms with Crippen LogP contribution in [0.4, 0.5) is 0 Å². The first kappa shape index (κ1) is 9.40. The molecule has 0 radical (unpaired) electrons. The van der Waals surface area contributed by atoms with Crippen molar-refractivity contribution in [2.75, 3.05) is 0 Å². The number of thiophene rings is 2. The van der Waals surface area contributed by atoms with Gasteiger partial charge >= 0.3 is 0 Å². The Hall–Kier alpha value is -0.160. The molecule has 2 rings (SSSR count). The fourth-order valence-electron chi connectivity index (χ4n) is 1.06.